The third kappa shape index (κ3) is 5.19. The number of aromatic nitrogens is 2. The first kappa shape index (κ1) is 22.7. The quantitative estimate of drug-likeness (QED) is 0.535. The van der Waals surface area contributed by atoms with Crippen molar-refractivity contribution in [2.75, 3.05) is 4.90 Å². The van der Waals surface area contributed by atoms with E-state index in [0.29, 0.717) is 17.4 Å². The van der Waals surface area contributed by atoms with Gasteiger partial charge in [-0.15, -0.1) is 5.10 Å². The maximum atomic E-state index is 13.5. The fourth-order valence-corrected chi connectivity index (χ4v) is 3.53. The lowest BCUT2D eigenvalue weighted by Gasteiger charge is -2.33. The molecule has 3 aromatic rings. The largest absolute Gasteiger partial charge is 0.467 e. The number of benzene rings is 1. The van der Waals surface area contributed by atoms with E-state index in [1.165, 1.54) is 11.2 Å². The molecule has 31 heavy (non-hydrogen) atoms. The summed E-state index contributed by atoms with van der Waals surface area (Å²) in [6.45, 7) is 10.1. The first-order valence-corrected chi connectivity index (χ1v) is 11.1. The van der Waals surface area contributed by atoms with E-state index < -0.39 is 17.5 Å². The molecule has 0 unspecified atom stereocenters. The van der Waals surface area contributed by atoms with E-state index in [0.717, 1.165) is 23.5 Å². The van der Waals surface area contributed by atoms with Gasteiger partial charge in [0, 0.05) is 16.6 Å². The van der Waals surface area contributed by atoms with Crippen molar-refractivity contribution in [1.29, 1.82) is 0 Å². The van der Waals surface area contributed by atoms with Crippen LogP contribution in [0.25, 0.3) is 0 Å². The topological polar surface area (TPSA) is 88.3 Å². The highest BCUT2D eigenvalue weighted by atomic mass is 32.1. The van der Waals surface area contributed by atoms with Crippen LogP contribution >= 0.6 is 11.5 Å². The summed E-state index contributed by atoms with van der Waals surface area (Å²) in [6.07, 6.45) is 2.23. The van der Waals surface area contributed by atoms with Gasteiger partial charge in [0.25, 0.3) is 11.8 Å². The number of nitrogens with zero attached hydrogens (tertiary/aromatic N) is 3. The molecule has 0 spiro atoms. The van der Waals surface area contributed by atoms with Crippen LogP contribution in [-0.4, -0.2) is 26.9 Å². The van der Waals surface area contributed by atoms with Crippen molar-refractivity contribution in [3.63, 3.8) is 0 Å². The normalized spacial score (nSPS) is 12.6. The van der Waals surface area contributed by atoms with Gasteiger partial charge in [-0.2, -0.15) is 0 Å². The summed E-state index contributed by atoms with van der Waals surface area (Å²) in [7, 11) is 0. The second-order valence-electron chi connectivity index (χ2n) is 8.36. The first-order valence-electron chi connectivity index (χ1n) is 10.3. The fraction of sp³-hybridized carbons (Fsp3) is 0.391. The fourth-order valence-electron chi connectivity index (χ4n) is 3.10. The average molecular weight is 441 g/mol. The van der Waals surface area contributed by atoms with Gasteiger partial charge in [0.2, 0.25) is 0 Å². The molecule has 0 fully saturated rings. The number of hydrogen-bond donors (Lipinski definition) is 1. The van der Waals surface area contributed by atoms with Crippen molar-refractivity contribution in [2.45, 2.75) is 58.5 Å². The number of carbonyl (C=O) groups is 2. The van der Waals surface area contributed by atoms with Gasteiger partial charge in [-0.3, -0.25) is 14.5 Å². The van der Waals surface area contributed by atoms with Crippen LogP contribution in [0.3, 0.4) is 0 Å². The standard InChI is InChI=1S/C23H28N4O3S/c1-6-23(4,5)24-21(28)20(19-8-7-13-30-19)27(22(29)18-14-31-26-25-18)17-11-9-16(10-12-17)15(2)3/h7-15,20H,6H2,1-5H3,(H,24,28)/t20-/m0/s1. The molecule has 0 aliphatic heterocycles. The molecule has 0 aliphatic rings. The van der Waals surface area contributed by atoms with E-state index in [-0.39, 0.29) is 11.6 Å². The van der Waals surface area contributed by atoms with Crippen LogP contribution in [0.2, 0.25) is 0 Å². The first-order chi connectivity index (χ1) is 14.7. The van der Waals surface area contributed by atoms with Crippen LogP contribution in [0.4, 0.5) is 5.69 Å². The van der Waals surface area contributed by atoms with Gasteiger partial charge < -0.3 is 9.73 Å². The Morgan fingerprint density at radius 3 is 2.42 bits per heavy atom. The zero-order valence-electron chi connectivity index (χ0n) is 18.5. The van der Waals surface area contributed by atoms with E-state index in [1.54, 1.807) is 17.5 Å². The molecule has 2 heterocycles. The Labute approximate surface area is 186 Å². The molecule has 164 valence electrons. The number of nitrogens with one attached hydrogen (secondary N) is 1. The molecule has 2 aromatic heterocycles. The Hall–Kier alpha value is -3.00. The Balaban J connectivity index is 2.11. The maximum Gasteiger partial charge on any atom is 0.280 e. The summed E-state index contributed by atoms with van der Waals surface area (Å²) in [4.78, 5) is 28.4. The van der Waals surface area contributed by atoms with Crippen molar-refractivity contribution < 1.29 is 14.0 Å². The summed E-state index contributed by atoms with van der Waals surface area (Å²) in [5.41, 5.74) is 1.45. The number of amides is 2. The molecule has 8 heteroatoms. The number of furan rings is 1. The second-order valence-corrected chi connectivity index (χ2v) is 8.97. The smallest absolute Gasteiger partial charge is 0.280 e. The molecule has 0 saturated carbocycles. The zero-order valence-corrected chi connectivity index (χ0v) is 19.3. The molecule has 0 saturated heterocycles. The highest BCUT2D eigenvalue weighted by Gasteiger charge is 2.38. The molecular weight excluding hydrogens is 412 g/mol. The minimum Gasteiger partial charge on any atom is -0.467 e. The maximum absolute atomic E-state index is 13.5. The minimum atomic E-state index is -1.00. The molecule has 0 aliphatic carbocycles. The Kier molecular flexibility index (Phi) is 6.90. The zero-order chi connectivity index (χ0) is 22.6. The van der Waals surface area contributed by atoms with E-state index in [9.17, 15) is 9.59 Å². The molecule has 2 amide bonds. The summed E-state index contributed by atoms with van der Waals surface area (Å²) >= 11 is 1.09. The van der Waals surface area contributed by atoms with Crippen molar-refractivity contribution in [3.8, 4) is 0 Å². The van der Waals surface area contributed by atoms with Crippen LogP contribution in [-0.2, 0) is 4.79 Å². The van der Waals surface area contributed by atoms with Crippen LogP contribution in [0, 0.1) is 0 Å². The summed E-state index contributed by atoms with van der Waals surface area (Å²) < 4.78 is 9.43. The summed E-state index contributed by atoms with van der Waals surface area (Å²) in [5.74, 6) is -0.0347. The highest BCUT2D eigenvalue weighted by Crippen LogP contribution is 2.31. The van der Waals surface area contributed by atoms with Crippen molar-refractivity contribution in [3.05, 3.63) is 65.1 Å². The van der Waals surface area contributed by atoms with E-state index in [4.69, 9.17) is 4.42 Å². The number of rotatable bonds is 8. The van der Waals surface area contributed by atoms with Crippen LogP contribution in [0.5, 0.6) is 0 Å². The molecule has 7 nitrogen and oxygen atoms in total. The second kappa shape index (κ2) is 9.43. The minimum absolute atomic E-state index is 0.178. The monoisotopic (exact) mass is 440 g/mol. The lowest BCUT2D eigenvalue weighted by Crippen LogP contribution is -2.50. The molecule has 0 radical (unpaired) electrons. The van der Waals surface area contributed by atoms with Gasteiger partial charge in [0.05, 0.1) is 6.26 Å². The predicted molar refractivity (Wildman–Crippen MR) is 121 cm³/mol. The van der Waals surface area contributed by atoms with E-state index >= 15 is 0 Å². The third-order valence-corrected chi connectivity index (χ3v) is 5.81. The Morgan fingerprint density at radius 2 is 1.90 bits per heavy atom. The number of hydrogen-bond acceptors (Lipinski definition) is 6. The number of anilines is 1. The van der Waals surface area contributed by atoms with E-state index in [1.807, 2.05) is 45.0 Å². The molecule has 0 bridgehead atoms. The van der Waals surface area contributed by atoms with Crippen molar-refractivity contribution in [2.24, 2.45) is 0 Å². The SMILES string of the molecule is CCC(C)(C)NC(=O)[C@H](c1ccco1)N(C(=O)c1csnn1)c1ccc(C(C)C)cc1. The summed E-state index contributed by atoms with van der Waals surface area (Å²) in [5, 5.41) is 8.56. The van der Waals surface area contributed by atoms with Gasteiger partial charge in [0.1, 0.15) is 5.76 Å². The molecule has 1 atom stereocenters. The molecule has 1 N–H and O–H groups in total. The molecule has 3 rings (SSSR count). The predicted octanol–water partition coefficient (Wildman–Crippen LogP) is 4.95. The van der Waals surface area contributed by atoms with Gasteiger partial charge in [-0.05, 0) is 67.5 Å². The lowest BCUT2D eigenvalue weighted by molar-refractivity contribution is -0.124. The van der Waals surface area contributed by atoms with Crippen LogP contribution in [0.15, 0.2) is 52.5 Å². The highest BCUT2D eigenvalue weighted by molar-refractivity contribution is 7.03. The Morgan fingerprint density at radius 1 is 1.19 bits per heavy atom. The van der Waals surface area contributed by atoms with Crippen molar-refractivity contribution in [1.82, 2.24) is 14.9 Å². The van der Waals surface area contributed by atoms with Crippen LogP contribution in [0.1, 0.15) is 74.8 Å². The summed E-state index contributed by atoms with van der Waals surface area (Å²) in [6, 6.07) is 10.0. The molecule has 1 aromatic carbocycles. The van der Waals surface area contributed by atoms with Crippen LogP contribution < -0.4 is 10.2 Å². The Bertz CT molecular complexity index is 996. The van der Waals surface area contributed by atoms with Gasteiger partial charge in [0.15, 0.2) is 11.7 Å². The van der Waals surface area contributed by atoms with Gasteiger partial charge in [-0.1, -0.05) is 37.4 Å². The van der Waals surface area contributed by atoms with Gasteiger partial charge in [-0.25, -0.2) is 0 Å². The van der Waals surface area contributed by atoms with Gasteiger partial charge >= 0.3 is 0 Å². The lowest BCUT2D eigenvalue weighted by atomic mass is 9.99. The van der Waals surface area contributed by atoms with Crippen molar-refractivity contribution >= 4 is 29.0 Å². The van der Waals surface area contributed by atoms with E-state index in [2.05, 4.69) is 28.8 Å². The average Bonchev–Trinajstić information content (AvgIpc) is 3.45. The third-order valence-electron chi connectivity index (χ3n) is 5.30. The number of carbonyl (C=O) groups excluding carboxylic acids is 2. The molecular formula is C23H28N4O3S.